The Balaban J connectivity index is 1.58. The van der Waals surface area contributed by atoms with Crippen molar-refractivity contribution in [3.8, 4) is 16.9 Å². The molecule has 1 amide bonds. The smallest absolute Gasteiger partial charge is 0.222 e. The average Bonchev–Trinajstić information content (AvgIpc) is 3.23. The summed E-state index contributed by atoms with van der Waals surface area (Å²) in [6.07, 6.45) is 5.72. The molecule has 3 aromatic rings. The fraction of sp³-hybridized carbons (Fsp3) is 0.286. The lowest BCUT2D eigenvalue weighted by Crippen LogP contribution is -2.34. The van der Waals surface area contributed by atoms with Crippen LogP contribution in [0.1, 0.15) is 37.5 Å². The molecule has 7 nitrogen and oxygen atoms in total. The van der Waals surface area contributed by atoms with Gasteiger partial charge in [-0.2, -0.15) is 5.10 Å². The molecule has 1 aliphatic heterocycles. The molecule has 1 fully saturated rings. The Bertz CT molecular complexity index is 1140. The number of rotatable bonds is 5. The third-order valence-corrected chi connectivity index (χ3v) is 5.91. The quantitative estimate of drug-likeness (QED) is 0.540. The summed E-state index contributed by atoms with van der Waals surface area (Å²) < 4.78 is 21.6. The van der Waals surface area contributed by atoms with E-state index in [2.05, 4.69) is 15.4 Å². The van der Waals surface area contributed by atoms with Gasteiger partial charge in [-0.05, 0) is 31.5 Å². The molecule has 2 unspecified atom stereocenters. The number of hydrogen-bond acceptors (Lipinski definition) is 5. The van der Waals surface area contributed by atoms with Gasteiger partial charge >= 0.3 is 0 Å². The highest BCUT2D eigenvalue weighted by molar-refractivity contribution is 6.36. The Labute approximate surface area is 188 Å². The second kappa shape index (κ2) is 8.72. The van der Waals surface area contributed by atoms with Crippen LogP contribution < -0.4 is 15.8 Å². The summed E-state index contributed by atoms with van der Waals surface area (Å²) in [5, 5.41) is 7.41. The standard InChI is InChI=1S/C21H20Cl2FN5O2/c1-11(19-15(22)2-3-16(24)20(19)23)31-17-6-12(8-27-21(17)25)13-9-28-29(10-13)14-4-5-26-18(30)7-14/h2-3,6,8-11,14H,4-5,7H2,1H3,(H2,25,27)(H,26,30). The topological polar surface area (TPSA) is 95.1 Å². The second-order valence-corrected chi connectivity index (χ2v) is 8.12. The van der Waals surface area contributed by atoms with Crippen molar-refractivity contribution in [3.63, 3.8) is 0 Å². The number of pyridine rings is 1. The molecule has 31 heavy (non-hydrogen) atoms. The molecule has 0 bridgehead atoms. The molecule has 0 radical (unpaired) electrons. The number of benzene rings is 1. The summed E-state index contributed by atoms with van der Waals surface area (Å²) >= 11 is 12.3. The van der Waals surface area contributed by atoms with Crippen LogP contribution >= 0.6 is 23.2 Å². The van der Waals surface area contributed by atoms with E-state index in [9.17, 15) is 9.18 Å². The normalized spacial score (nSPS) is 17.3. The zero-order valence-corrected chi connectivity index (χ0v) is 18.1. The molecule has 10 heteroatoms. The van der Waals surface area contributed by atoms with Crippen LogP contribution in [-0.4, -0.2) is 27.2 Å². The van der Waals surface area contributed by atoms with E-state index in [0.29, 0.717) is 29.3 Å². The number of nitrogens with zero attached hydrogens (tertiary/aromatic N) is 3. The van der Waals surface area contributed by atoms with Crippen LogP contribution in [0, 0.1) is 5.82 Å². The fourth-order valence-corrected chi connectivity index (χ4v) is 4.23. The minimum Gasteiger partial charge on any atom is -0.482 e. The van der Waals surface area contributed by atoms with Crippen molar-refractivity contribution in [1.82, 2.24) is 20.1 Å². The zero-order chi connectivity index (χ0) is 22.1. The van der Waals surface area contributed by atoms with Gasteiger partial charge in [0.2, 0.25) is 5.91 Å². The Morgan fingerprint density at radius 1 is 1.32 bits per heavy atom. The highest BCUT2D eigenvalue weighted by atomic mass is 35.5. The largest absolute Gasteiger partial charge is 0.482 e. The van der Waals surface area contributed by atoms with E-state index in [1.165, 1.54) is 12.1 Å². The highest BCUT2D eigenvalue weighted by Crippen LogP contribution is 2.37. The number of piperidine rings is 1. The molecule has 3 heterocycles. The van der Waals surface area contributed by atoms with Gasteiger partial charge in [-0.3, -0.25) is 9.48 Å². The third-order valence-electron chi connectivity index (χ3n) is 5.20. The maximum Gasteiger partial charge on any atom is 0.222 e. The van der Waals surface area contributed by atoms with Gasteiger partial charge in [0.25, 0.3) is 0 Å². The van der Waals surface area contributed by atoms with Crippen LogP contribution in [0.3, 0.4) is 0 Å². The minimum atomic E-state index is -0.668. The van der Waals surface area contributed by atoms with Crippen LogP contribution in [0.2, 0.25) is 10.0 Å². The molecule has 162 valence electrons. The van der Waals surface area contributed by atoms with Gasteiger partial charge in [-0.15, -0.1) is 0 Å². The maximum absolute atomic E-state index is 13.9. The number of nitrogen functional groups attached to an aromatic ring is 1. The number of aromatic nitrogens is 3. The first-order valence-corrected chi connectivity index (χ1v) is 10.5. The summed E-state index contributed by atoms with van der Waals surface area (Å²) in [5.41, 5.74) is 7.87. The Morgan fingerprint density at radius 2 is 2.13 bits per heavy atom. The van der Waals surface area contributed by atoms with Crippen LogP contribution in [0.5, 0.6) is 5.75 Å². The third kappa shape index (κ3) is 4.45. The minimum absolute atomic E-state index is 0.0113. The number of nitrogens with two attached hydrogens (primary N) is 1. The highest BCUT2D eigenvalue weighted by Gasteiger charge is 2.22. The van der Waals surface area contributed by atoms with Crippen molar-refractivity contribution < 1.29 is 13.9 Å². The predicted molar refractivity (Wildman–Crippen MR) is 117 cm³/mol. The molecule has 4 rings (SSSR count). The molecule has 0 aliphatic carbocycles. The molecule has 0 spiro atoms. The number of carbonyl (C=O) groups is 1. The van der Waals surface area contributed by atoms with Crippen LogP contribution in [0.25, 0.3) is 11.1 Å². The van der Waals surface area contributed by atoms with Gasteiger partial charge in [0.05, 0.1) is 17.3 Å². The lowest BCUT2D eigenvalue weighted by atomic mass is 10.1. The molecule has 1 aliphatic rings. The number of ether oxygens (including phenoxy) is 1. The number of halogens is 3. The number of hydrogen-bond donors (Lipinski definition) is 2. The summed E-state index contributed by atoms with van der Waals surface area (Å²) in [4.78, 5) is 15.9. The van der Waals surface area contributed by atoms with E-state index >= 15 is 0 Å². The SMILES string of the molecule is CC(Oc1cc(-c2cnn(C3CCNC(=O)C3)c2)cnc1N)c1c(Cl)ccc(F)c1Cl. The Hall–Kier alpha value is -2.84. The van der Waals surface area contributed by atoms with Gasteiger partial charge in [-0.1, -0.05) is 23.2 Å². The predicted octanol–water partition coefficient (Wildman–Crippen LogP) is 4.56. The van der Waals surface area contributed by atoms with Gasteiger partial charge in [0.1, 0.15) is 11.9 Å². The van der Waals surface area contributed by atoms with E-state index in [4.69, 9.17) is 33.7 Å². The van der Waals surface area contributed by atoms with E-state index in [0.717, 1.165) is 17.5 Å². The molecule has 3 N–H and O–H groups in total. The maximum atomic E-state index is 13.9. The van der Waals surface area contributed by atoms with E-state index in [-0.39, 0.29) is 22.8 Å². The van der Waals surface area contributed by atoms with E-state index < -0.39 is 11.9 Å². The second-order valence-electron chi connectivity index (χ2n) is 7.33. The van der Waals surface area contributed by atoms with Gasteiger partial charge in [0.15, 0.2) is 11.6 Å². The summed E-state index contributed by atoms with van der Waals surface area (Å²) in [6, 6.07) is 4.37. The number of carbonyl (C=O) groups excluding carboxylic acids is 1. The van der Waals surface area contributed by atoms with Gasteiger partial charge in [0, 0.05) is 47.1 Å². The van der Waals surface area contributed by atoms with Crippen molar-refractivity contribution in [2.75, 3.05) is 12.3 Å². The van der Waals surface area contributed by atoms with E-state index in [1.807, 2.05) is 6.20 Å². The fourth-order valence-electron chi connectivity index (χ4n) is 3.55. The zero-order valence-electron chi connectivity index (χ0n) is 16.6. The molecule has 2 aromatic heterocycles. The lowest BCUT2D eigenvalue weighted by Gasteiger charge is -2.22. The Kier molecular flexibility index (Phi) is 6.02. The van der Waals surface area contributed by atoms with Crippen molar-refractivity contribution in [2.45, 2.75) is 31.9 Å². The van der Waals surface area contributed by atoms with Crippen molar-refractivity contribution in [2.24, 2.45) is 0 Å². The van der Waals surface area contributed by atoms with Crippen molar-refractivity contribution in [3.05, 3.63) is 58.2 Å². The molecule has 0 saturated carbocycles. The molecular formula is C21H20Cl2FN5O2. The average molecular weight is 464 g/mol. The monoisotopic (exact) mass is 463 g/mol. The number of amides is 1. The lowest BCUT2D eigenvalue weighted by molar-refractivity contribution is -0.123. The van der Waals surface area contributed by atoms with Crippen LogP contribution in [0.4, 0.5) is 10.2 Å². The van der Waals surface area contributed by atoms with Gasteiger partial charge in [-0.25, -0.2) is 9.37 Å². The summed E-state index contributed by atoms with van der Waals surface area (Å²) in [5.74, 6) is -0.0799. The molecule has 1 saturated heterocycles. The summed E-state index contributed by atoms with van der Waals surface area (Å²) in [7, 11) is 0. The first kappa shape index (κ1) is 21.4. The first-order valence-electron chi connectivity index (χ1n) is 9.70. The molecule has 2 atom stereocenters. The van der Waals surface area contributed by atoms with Crippen LogP contribution in [0.15, 0.2) is 36.8 Å². The summed E-state index contributed by atoms with van der Waals surface area (Å²) in [6.45, 7) is 2.33. The Morgan fingerprint density at radius 3 is 2.90 bits per heavy atom. The molecule has 1 aromatic carbocycles. The van der Waals surface area contributed by atoms with Crippen molar-refractivity contribution >= 4 is 34.9 Å². The molecular weight excluding hydrogens is 444 g/mol. The van der Waals surface area contributed by atoms with Gasteiger partial charge < -0.3 is 15.8 Å². The number of anilines is 1. The van der Waals surface area contributed by atoms with Crippen molar-refractivity contribution in [1.29, 1.82) is 0 Å². The van der Waals surface area contributed by atoms with E-state index in [1.54, 1.807) is 30.1 Å². The first-order chi connectivity index (χ1) is 14.8. The van der Waals surface area contributed by atoms with Crippen LogP contribution in [-0.2, 0) is 4.79 Å². The number of nitrogens with one attached hydrogen (secondary N) is 1.